The van der Waals surface area contributed by atoms with Crippen molar-refractivity contribution in [2.75, 3.05) is 26.2 Å². The molecule has 1 aliphatic rings. The topological polar surface area (TPSA) is 56.1 Å². The summed E-state index contributed by atoms with van der Waals surface area (Å²) in [6, 6.07) is 0. The van der Waals surface area contributed by atoms with Crippen molar-refractivity contribution in [3.8, 4) is 0 Å². The van der Waals surface area contributed by atoms with Crippen LogP contribution in [0.1, 0.15) is 32.1 Å². The Bertz CT molecular complexity index is 173. The number of likely N-dealkylation sites (tertiary alicyclic amines) is 1. The number of hydrogen-bond acceptors (Lipinski definition) is 4. The lowest BCUT2D eigenvalue weighted by Crippen LogP contribution is -2.34. The number of oxime groups is 1. The molecule has 1 heterocycles. The Morgan fingerprint density at radius 2 is 1.86 bits per heavy atom. The molecule has 0 unspecified atom stereocenters. The average molecular weight is 200 g/mol. The second-order valence-corrected chi connectivity index (χ2v) is 3.79. The third-order valence-electron chi connectivity index (χ3n) is 2.71. The lowest BCUT2D eigenvalue weighted by Gasteiger charge is -2.26. The molecule has 82 valence electrons. The summed E-state index contributed by atoms with van der Waals surface area (Å²) in [5, 5.41) is 20.4. The zero-order valence-corrected chi connectivity index (χ0v) is 8.65. The van der Waals surface area contributed by atoms with Crippen LogP contribution in [0.4, 0.5) is 0 Å². The van der Waals surface area contributed by atoms with Gasteiger partial charge in [0.25, 0.3) is 0 Å². The van der Waals surface area contributed by atoms with E-state index in [-0.39, 0.29) is 0 Å². The fourth-order valence-corrected chi connectivity index (χ4v) is 1.76. The van der Waals surface area contributed by atoms with Crippen molar-refractivity contribution in [2.24, 2.45) is 5.16 Å². The van der Waals surface area contributed by atoms with Crippen molar-refractivity contribution in [1.82, 2.24) is 4.90 Å². The van der Waals surface area contributed by atoms with Crippen molar-refractivity contribution < 1.29 is 10.3 Å². The van der Waals surface area contributed by atoms with Crippen LogP contribution in [0.3, 0.4) is 0 Å². The van der Waals surface area contributed by atoms with Gasteiger partial charge in [0.15, 0.2) is 0 Å². The fourth-order valence-electron chi connectivity index (χ4n) is 1.76. The van der Waals surface area contributed by atoms with Gasteiger partial charge in [0.05, 0.1) is 5.71 Å². The molecule has 0 bridgehead atoms. The van der Waals surface area contributed by atoms with Crippen LogP contribution < -0.4 is 0 Å². The number of unbranched alkanes of at least 4 members (excludes halogenated alkanes) is 2. The highest BCUT2D eigenvalue weighted by Gasteiger charge is 2.14. The highest BCUT2D eigenvalue weighted by atomic mass is 16.4. The van der Waals surface area contributed by atoms with E-state index in [1.807, 2.05) is 0 Å². The fraction of sp³-hybridized carbons (Fsp3) is 0.900. The van der Waals surface area contributed by atoms with E-state index in [1.54, 1.807) is 0 Å². The summed E-state index contributed by atoms with van der Waals surface area (Å²) in [5.74, 6) is 0. The molecule has 1 saturated heterocycles. The van der Waals surface area contributed by atoms with Crippen LogP contribution >= 0.6 is 0 Å². The largest absolute Gasteiger partial charge is 0.411 e. The summed E-state index contributed by atoms with van der Waals surface area (Å²) < 4.78 is 0. The third kappa shape index (κ3) is 4.07. The van der Waals surface area contributed by atoms with Gasteiger partial charge in [-0.3, -0.25) is 0 Å². The number of piperidine rings is 1. The van der Waals surface area contributed by atoms with Crippen molar-refractivity contribution >= 4 is 5.71 Å². The standard InChI is InChI=1S/C10H20N2O2/c13-9-3-1-2-6-12-7-4-10(11-14)5-8-12/h13-14H,1-9H2. The predicted molar refractivity (Wildman–Crippen MR) is 55.8 cm³/mol. The van der Waals surface area contributed by atoms with Gasteiger partial charge in [-0.15, -0.1) is 0 Å². The Hall–Kier alpha value is -0.610. The van der Waals surface area contributed by atoms with Crippen LogP contribution in [0.15, 0.2) is 5.16 Å². The second-order valence-electron chi connectivity index (χ2n) is 3.79. The first kappa shape index (κ1) is 11.5. The first-order valence-electron chi connectivity index (χ1n) is 5.40. The Morgan fingerprint density at radius 3 is 2.43 bits per heavy atom. The molecule has 0 radical (unpaired) electrons. The molecule has 1 fully saturated rings. The SMILES string of the molecule is OCCCCCN1CCC(=NO)CC1. The van der Waals surface area contributed by atoms with Crippen LogP contribution in [0.25, 0.3) is 0 Å². The molecular weight excluding hydrogens is 180 g/mol. The number of nitrogens with zero attached hydrogens (tertiary/aromatic N) is 2. The summed E-state index contributed by atoms with van der Waals surface area (Å²) in [5.41, 5.74) is 0.927. The highest BCUT2D eigenvalue weighted by molar-refractivity contribution is 5.84. The summed E-state index contributed by atoms with van der Waals surface area (Å²) in [6.07, 6.45) is 4.98. The molecule has 14 heavy (non-hydrogen) atoms. The first-order valence-corrected chi connectivity index (χ1v) is 5.40. The van der Waals surface area contributed by atoms with Gasteiger partial charge in [0, 0.05) is 32.5 Å². The summed E-state index contributed by atoms with van der Waals surface area (Å²) in [7, 11) is 0. The van der Waals surface area contributed by atoms with E-state index in [0.29, 0.717) is 6.61 Å². The summed E-state index contributed by atoms with van der Waals surface area (Å²) in [4.78, 5) is 2.39. The monoisotopic (exact) mass is 200 g/mol. The Labute approximate surface area is 85.2 Å². The molecule has 0 aromatic carbocycles. The lowest BCUT2D eigenvalue weighted by atomic mass is 10.1. The minimum atomic E-state index is 0.307. The van der Waals surface area contributed by atoms with Crippen molar-refractivity contribution in [2.45, 2.75) is 32.1 Å². The van der Waals surface area contributed by atoms with Gasteiger partial charge >= 0.3 is 0 Å². The summed E-state index contributed by atoms with van der Waals surface area (Å²) in [6.45, 7) is 3.44. The molecule has 4 nitrogen and oxygen atoms in total. The number of aliphatic hydroxyl groups excluding tert-OH is 1. The predicted octanol–water partition coefficient (Wildman–Crippen LogP) is 1.07. The molecule has 0 amide bonds. The van der Waals surface area contributed by atoms with Crippen LogP contribution in [-0.4, -0.2) is 47.2 Å². The number of rotatable bonds is 5. The van der Waals surface area contributed by atoms with Crippen molar-refractivity contribution in [1.29, 1.82) is 0 Å². The maximum Gasteiger partial charge on any atom is 0.0596 e. The number of aliphatic hydroxyl groups is 1. The Kier molecular flexibility index (Phi) is 5.56. The van der Waals surface area contributed by atoms with E-state index in [2.05, 4.69) is 10.1 Å². The van der Waals surface area contributed by atoms with Gasteiger partial charge in [-0.25, -0.2) is 0 Å². The maximum absolute atomic E-state index is 8.61. The zero-order valence-electron chi connectivity index (χ0n) is 8.65. The molecule has 0 atom stereocenters. The Balaban J connectivity index is 2.04. The smallest absolute Gasteiger partial charge is 0.0596 e. The maximum atomic E-state index is 8.61. The van der Waals surface area contributed by atoms with E-state index >= 15 is 0 Å². The molecule has 1 rings (SSSR count). The van der Waals surface area contributed by atoms with E-state index in [9.17, 15) is 0 Å². The molecule has 0 aliphatic carbocycles. The molecule has 4 heteroatoms. The minimum absolute atomic E-state index is 0.307. The molecule has 1 aliphatic heterocycles. The van der Waals surface area contributed by atoms with Crippen LogP contribution in [0.2, 0.25) is 0 Å². The molecular formula is C10H20N2O2. The minimum Gasteiger partial charge on any atom is -0.411 e. The van der Waals surface area contributed by atoms with Gasteiger partial charge in [0.2, 0.25) is 0 Å². The van der Waals surface area contributed by atoms with Crippen molar-refractivity contribution in [3.63, 3.8) is 0 Å². The normalized spacial score (nSPS) is 18.5. The van der Waals surface area contributed by atoms with Crippen LogP contribution in [0, 0.1) is 0 Å². The lowest BCUT2D eigenvalue weighted by molar-refractivity contribution is 0.247. The molecule has 0 saturated carbocycles. The van der Waals surface area contributed by atoms with E-state index in [0.717, 1.165) is 57.5 Å². The highest BCUT2D eigenvalue weighted by Crippen LogP contribution is 2.08. The molecule has 0 spiro atoms. The van der Waals surface area contributed by atoms with Crippen LogP contribution in [0.5, 0.6) is 0 Å². The van der Waals surface area contributed by atoms with Gasteiger partial charge in [-0.1, -0.05) is 5.16 Å². The molecule has 2 N–H and O–H groups in total. The van der Waals surface area contributed by atoms with Gasteiger partial charge in [-0.2, -0.15) is 0 Å². The zero-order chi connectivity index (χ0) is 10.2. The first-order chi connectivity index (χ1) is 6.86. The van der Waals surface area contributed by atoms with Crippen LogP contribution in [-0.2, 0) is 0 Å². The van der Waals surface area contributed by atoms with E-state index in [1.165, 1.54) is 0 Å². The molecule has 0 aromatic heterocycles. The van der Waals surface area contributed by atoms with E-state index < -0.39 is 0 Å². The third-order valence-corrected chi connectivity index (χ3v) is 2.71. The second kappa shape index (κ2) is 6.79. The average Bonchev–Trinajstić information content (AvgIpc) is 2.25. The summed E-state index contributed by atoms with van der Waals surface area (Å²) >= 11 is 0. The van der Waals surface area contributed by atoms with E-state index in [4.69, 9.17) is 10.3 Å². The quantitative estimate of drug-likeness (QED) is 0.396. The van der Waals surface area contributed by atoms with Gasteiger partial charge in [0.1, 0.15) is 0 Å². The van der Waals surface area contributed by atoms with Gasteiger partial charge < -0.3 is 15.2 Å². The molecule has 0 aromatic rings. The van der Waals surface area contributed by atoms with Crippen molar-refractivity contribution in [3.05, 3.63) is 0 Å². The Morgan fingerprint density at radius 1 is 1.14 bits per heavy atom. The number of hydrogen-bond donors (Lipinski definition) is 2. The van der Waals surface area contributed by atoms with Gasteiger partial charge in [-0.05, 0) is 25.8 Å².